The Bertz CT molecular complexity index is 755. The van der Waals surface area contributed by atoms with E-state index < -0.39 is 22.3 Å². The molecule has 0 aromatic heterocycles. The van der Waals surface area contributed by atoms with Gasteiger partial charge in [-0.25, -0.2) is 0 Å². The molecule has 0 aliphatic heterocycles. The highest BCUT2D eigenvalue weighted by atomic mass is 32.2. The van der Waals surface area contributed by atoms with Gasteiger partial charge in [-0.2, -0.15) is 8.42 Å². The topological polar surface area (TPSA) is 115 Å². The molecule has 4 rings (SSSR count). The van der Waals surface area contributed by atoms with E-state index in [1.54, 1.807) is 0 Å². The third kappa shape index (κ3) is 3.57. The van der Waals surface area contributed by atoms with Crippen LogP contribution in [0.3, 0.4) is 0 Å². The number of aliphatic hydroxyl groups is 3. The lowest BCUT2D eigenvalue weighted by Crippen LogP contribution is -2.62. The van der Waals surface area contributed by atoms with Crippen LogP contribution in [0.4, 0.5) is 0 Å². The molecule has 6 nitrogen and oxygen atoms in total. The summed E-state index contributed by atoms with van der Waals surface area (Å²) in [6.07, 6.45) is 5.06. The lowest BCUT2D eigenvalue weighted by Gasteiger charge is -2.63. The number of aliphatic hydroxyl groups excluding tert-OH is 3. The number of fused-ring (bicyclic) bond motifs is 5. The summed E-state index contributed by atoms with van der Waals surface area (Å²) in [5.41, 5.74) is -0.279. The Labute approximate surface area is 181 Å². The SMILES string of the molecule is C[C@@H](CCS(=O)(=O)O)[C@@H]1CC[C@@H]2[C@H]3[C@H](O)C[C@H]4C[C@@H](O)CC[C@]4(C)[C@@H]3C[C@@H](O)[C@@]21C. The van der Waals surface area contributed by atoms with Gasteiger partial charge < -0.3 is 15.3 Å². The van der Waals surface area contributed by atoms with Crippen molar-refractivity contribution in [3.63, 3.8) is 0 Å². The van der Waals surface area contributed by atoms with Gasteiger partial charge in [0.05, 0.1) is 24.1 Å². The minimum absolute atomic E-state index is 0.0557. The Balaban J connectivity index is 1.60. The molecule has 0 aromatic rings. The maximum absolute atomic E-state index is 11.5. The molecule has 0 unspecified atom stereocenters. The summed E-state index contributed by atoms with van der Waals surface area (Å²) in [4.78, 5) is 0. The Hall–Kier alpha value is -0.210. The minimum atomic E-state index is -3.99. The molecule has 11 atom stereocenters. The predicted molar refractivity (Wildman–Crippen MR) is 114 cm³/mol. The first-order valence-corrected chi connectivity index (χ1v) is 13.5. The molecule has 0 saturated heterocycles. The van der Waals surface area contributed by atoms with Gasteiger partial charge in [-0.05, 0) is 97.7 Å². The summed E-state index contributed by atoms with van der Waals surface area (Å²) >= 11 is 0. The molecule has 0 aromatic carbocycles. The fourth-order valence-corrected chi connectivity index (χ4v) is 9.34. The molecule has 4 aliphatic carbocycles. The molecule has 4 N–H and O–H groups in total. The summed E-state index contributed by atoms with van der Waals surface area (Å²) in [5.74, 6) is 0.989. The largest absolute Gasteiger partial charge is 0.393 e. The van der Waals surface area contributed by atoms with Crippen LogP contribution in [0, 0.1) is 46.3 Å². The summed E-state index contributed by atoms with van der Waals surface area (Å²) < 4.78 is 31.7. The molecule has 4 saturated carbocycles. The molecule has 4 aliphatic rings. The summed E-state index contributed by atoms with van der Waals surface area (Å²) in [7, 11) is -3.99. The van der Waals surface area contributed by atoms with Crippen LogP contribution >= 0.6 is 0 Å². The molecule has 0 amide bonds. The van der Waals surface area contributed by atoms with Gasteiger partial charge in [0.25, 0.3) is 10.1 Å². The van der Waals surface area contributed by atoms with E-state index in [2.05, 4.69) is 13.8 Å². The Morgan fingerprint density at radius 2 is 1.70 bits per heavy atom. The van der Waals surface area contributed by atoms with E-state index in [4.69, 9.17) is 0 Å². The van der Waals surface area contributed by atoms with Crippen LogP contribution in [0.1, 0.15) is 72.1 Å². The monoisotopic (exact) mass is 444 g/mol. The van der Waals surface area contributed by atoms with E-state index in [-0.39, 0.29) is 52.3 Å². The van der Waals surface area contributed by atoms with Gasteiger partial charge in [-0.3, -0.25) is 4.55 Å². The van der Waals surface area contributed by atoms with E-state index in [1.165, 1.54) is 0 Å². The van der Waals surface area contributed by atoms with Crippen molar-refractivity contribution < 1.29 is 28.3 Å². The highest BCUT2D eigenvalue weighted by molar-refractivity contribution is 7.85. The third-order valence-corrected chi connectivity index (χ3v) is 11.1. The van der Waals surface area contributed by atoms with E-state index >= 15 is 0 Å². The second-order valence-electron chi connectivity index (χ2n) is 11.6. The van der Waals surface area contributed by atoms with E-state index in [1.807, 2.05) is 6.92 Å². The van der Waals surface area contributed by atoms with Crippen molar-refractivity contribution in [3.8, 4) is 0 Å². The predicted octanol–water partition coefficient (Wildman–Crippen LogP) is 2.86. The maximum atomic E-state index is 11.5. The van der Waals surface area contributed by atoms with E-state index in [9.17, 15) is 28.3 Å². The standard InChI is InChI=1S/C23H40O6S/c1-13(7-9-30(27,28)29)16-4-5-17-21-18(12-20(26)23(16,17)3)22(2)8-6-15(24)10-14(22)11-19(21)25/h13-21,24-26H,4-12H2,1-3H3,(H,27,28,29)/t13-,14+,15-,16-,17+,18+,19+,20+,21+,22-,23+/m0/s1. The third-order valence-electron chi connectivity index (χ3n) is 10.4. The van der Waals surface area contributed by atoms with Crippen molar-refractivity contribution in [2.75, 3.05) is 5.75 Å². The fraction of sp³-hybridized carbons (Fsp3) is 1.00. The number of hydrogen-bond acceptors (Lipinski definition) is 5. The summed E-state index contributed by atoms with van der Waals surface area (Å²) in [6.45, 7) is 6.52. The lowest BCUT2D eigenvalue weighted by molar-refractivity contribution is -0.206. The molecule has 30 heavy (non-hydrogen) atoms. The van der Waals surface area contributed by atoms with Gasteiger partial charge in [-0.1, -0.05) is 20.8 Å². The molecule has 0 spiro atoms. The van der Waals surface area contributed by atoms with Gasteiger partial charge >= 0.3 is 0 Å². The van der Waals surface area contributed by atoms with Gasteiger partial charge in [0.2, 0.25) is 0 Å². The first kappa shape index (κ1) is 23.0. The average Bonchev–Trinajstić information content (AvgIpc) is 3.00. The first-order valence-electron chi connectivity index (χ1n) is 11.9. The maximum Gasteiger partial charge on any atom is 0.264 e. The van der Waals surface area contributed by atoms with Crippen LogP contribution in [0.2, 0.25) is 0 Å². The van der Waals surface area contributed by atoms with E-state index in [0.29, 0.717) is 18.8 Å². The smallest absolute Gasteiger partial charge is 0.264 e. The van der Waals surface area contributed by atoms with Crippen molar-refractivity contribution in [2.45, 2.75) is 90.4 Å². The zero-order valence-electron chi connectivity index (χ0n) is 18.6. The average molecular weight is 445 g/mol. The zero-order chi connectivity index (χ0) is 22.1. The minimum Gasteiger partial charge on any atom is -0.393 e. The molecule has 0 radical (unpaired) electrons. The molecule has 174 valence electrons. The lowest BCUT2D eigenvalue weighted by atomic mass is 9.43. The fourth-order valence-electron chi connectivity index (χ4n) is 8.67. The number of rotatable bonds is 4. The van der Waals surface area contributed by atoms with Crippen LogP contribution in [-0.4, -0.2) is 52.4 Å². The molecular formula is C23H40O6S. The Morgan fingerprint density at radius 1 is 1.00 bits per heavy atom. The Kier molecular flexibility index (Phi) is 5.88. The van der Waals surface area contributed by atoms with Crippen LogP contribution < -0.4 is 0 Å². The van der Waals surface area contributed by atoms with Crippen LogP contribution in [0.25, 0.3) is 0 Å². The summed E-state index contributed by atoms with van der Waals surface area (Å²) in [6, 6.07) is 0. The second-order valence-corrected chi connectivity index (χ2v) is 13.1. The van der Waals surface area contributed by atoms with Crippen molar-refractivity contribution in [3.05, 3.63) is 0 Å². The highest BCUT2D eigenvalue weighted by Crippen LogP contribution is 2.68. The molecule has 0 bridgehead atoms. The van der Waals surface area contributed by atoms with Gasteiger partial charge in [0.15, 0.2) is 0 Å². The van der Waals surface area contributed by atoms with Gasteiger partial charge in [0, 0.05) is 0 Å². The molecule has 4 fully saturated rings. The molecular weight excluding hydrogens is 404 g/mol. The van der Waals surface area contributed by atoms with E-state index in [0.717, 1.165) is 38.5 Å². The molecule has 7 heteroatoms. The van der Waals surface area contributed by atoms with Gasteiger partial charge in [-0.15, -0.1) is 0 Å². The van der Waals surface area contributed by atoms with Crippen LogP contribution in [0.15, 0.2) is 0 Å². The first-order chi connectivity index (χ1) is 13.9. The van der Waals surface area contributed by atoms with Gasteiger partial charge in [0.1, 0.15) is 0 Å². The van der Waals surface area contributed by atoms with Crippen LogP contribution in [0.5, 0.6) is 0 Å². The van der Waals surface area contributed by atoms with Crippen molar-refractivity contribution >= 4 is 10.1 Å². The molecule has 0 heterocycles. The quantitative estimate of drug-likeness (QED) is 0.496. The Morgan fingerprint density at radius 3 is 2.37 bits per heavy atom. The normalized spacial score (nSPS) is 52.2. The second kappa shape index (κ2) is 7.68. The van der Waals surface area contributed by atoms with Crippen molar-refractivity contribution in [2.24, 2.45) is 46.3 Å². The van der Waals surface area contributed by atoms with Crippen LogP contribution in [-0.2, 0) is 10.1 Å². The summed E-state index contributed by atoms with van der Waals surface area (Å²) in [5, 5.41) is 32.9. The zero-order valence-corrected chi connectivity index (χ0v) is 19.4. The van der Waals surface area contributed by atoms with Crippen molar-refractivity contribution in [1.29, 1.82) is 0 Å². The number of hydrogen-bond donors (Lipinski definition) is 4. The highest BCUT2D eigenvalue weighted by Gasteiger charge is 2.65. The van der Waals surface area contributed by atoms with Crippen molar-refractivity contribution in [1.82, 2.24) is 0 Å².